The van der Waals surface area contributed by atoms with Crippen molar-refractivity contribution in [2.24, 2.45) is 0 Å². The summed E-state index contributed by atoms with van der Waals surface area (Å²) in [6, 6.07) is 2.91. The highest BCUT2D eigenvalue weighted by molar-refractivity contribution is 6.29. The molecule has 0 fully saturated rings. The van der Waals surface area contributed by atoms with Crippen LogP contribution in [0.2, 0.25) is 5.15 Å². The number of hydrogen-bond donors (Lipinski definition) is 0. The van der Waals surface area contributed by atoms with Crippen LogP contribution in [0.4, 0.5) is 0 Å². The summed E-state index contributed by atoms with van der Waals surface area (Å²) in [6.07, 6.45) is 1.26. The van der Waals surface area contributed by atoms with Gasteiger partial charge in [0.25, 0.3) is 0 Å². The van der Waals surface area contributed by atoms with Gasteiger partial charge in [-0.25, -0.2) is 4.98 Å². The van der Waals surface area contributed by atoms with E-state index in [-0.39, 0.29) is 5.75 Å². The van der Waals surface area contributed by atoms with Crippen LogP contribution >= 0.6 is 11.6 Å². The molecule has 0 amide bonds. The Bertz CT molecular complexity index is 258. The van der Waals surface area contributed by atoms with Gasteiger partial charge in [-0.05, 0) is 12.1 Å². The molecule has 0 aliphatic carbocycles. The van der Waals surface area contributed by atoms with E-state index in [0.29, 0.717) is 5.15 Å². The van der Waals surface area contributed by atoms with Crippen molar-refractivity contribution in [3.8, 4) is 5.75 Å². The van der Waals surface area contributed by atoms with Gasteiger partial charge in [-0.15, -0.1) is 0 Å². The Labute approximate surface area is 62.6 Å². The summed E-state index contributed by atoms with van der Waals surface area (Å²) in [7, 11) is -2.44. The first-order chi connectivity index (χ1) is 5.47. The summed E-state index contributed by atoms with van der Waals surface area (Å²) in [5, 5.41) is 0.299. The molecule has 3 heteroatoms. The zero-order valence-corrected chi connectivity index (χ0v) is 5.22. The highest BCUT2D eigenvalue weighted by Gasteiger charge is 1.88. The topological polar surface area (TPSA) is 22.1 Å². The first-order valence-corrected chi connectivity index (χ1v) is 2.66. The van der Waals surface area contributed by atoms with Gasteiger partial charge in [0.2, 0.25) is 0 Å². The third-order valence-corrected chi connectivity index (χ3v) is 1.04. The maximum atomic E-state index is 6.77. The quantitative estimate of drug-likeness (QED) is 0.563. The lowest BCUT2D eigenvalue weighted by molar-refractivity contribution is 0.413. The maximum Gasteiger partial charge on any atom is 0.137 e. The Balaban J connectivity index is 2.71. The number of pyridine rings is 1. The second kappa shape index (κ2) is 2.69. The van der Waals surface area contributed by atoms with Crippen molar-refractivity contribution in [3.05, 3.63) is 23.5 Å². The second-order valence-corrected chi connectivity index (χ2v) is 1.81. The molecule has 9 heavy (non-hydrogen) atoms. The maximum absolute atomic E-state index is 6.77. The minimum atomic E-state index is -2.44. The molecule has 1 heterocycles. The van der Waals surface area contributed by atoms with Gasteiger partial charge in [-0.3, -0.25) is 0 Å². The van der Waals surface area contributed by atoms with Gasteiger partial charge in [-0.1, -0.05) is 11.6 Å². The molecule has 0 bridgehead atoms. The van der Waals surface area contributed by atoms with Gasteiger partial charge in [0.1, 0.15) is 10.9 Å². The SMILES string of the molecule is [2H]C([2H])([2H])Oc1ccc(Cl)nc1. The smallest absolute Gasteiger partial charge is 0.137 e. The molecule has 0 spiro atoms. The monoisotopic (exact) mass is 146 g/mol. The molecule has 0 N–H and O–H groups in total. The number of ether oxygens (including phenoxy) is 1. The number of methoxy groups -OCH3 is 1. The minimum absolute atomic E-state index is 0.180. The molecule has 1 aromatic heterocycles. The molecule has 0 radical (unpaired) electrons. The average Bonchev–Trinajstić information content (AvgIpc) is 1.91. The summed E-state index contributed by atoms with van der Waals surface area (Å²) in [6.45, 7) is 0. The summed E-state index contributed by atoms with van der Waals surface area (Å²) < 4.78 is 24.9. The van der Waals surface area contributed by atoms with Gasteiger partial charge >= 0.3 is 0 Å². The van der Waals surface area contributed by atoms with Crippen LogP contribution in [0.1, 0.15) is 4.11 Å². The third-order valence-electron chi connectivity index (χ3n) is 0.818. The Morgan fingerprint density at radius 3 is 3.22 bits per heavy atom. The standard InChI is InChI=1S/C6H6ClNO/c1-9-5-2-3-6(7)8-4-5/h2-4H,1H3/i1D3. The van der Waals surface area contributed by atoms with Crippen molar-refractivity contribution >= 4 is 11.6 Å². The van der Waals surface area contributed by atoms with Crippen LogP contribution < -0.4 is 4.74 Å². The fourth-order valence-corrected chi connectivity index (χ4v) is 0.534. The van der Waals surface area contributed by atoms with Crippen LogP contribution in [0.3, 0.4) is 0 Å². The summed E-state index contributed by atoms with van der Waals surface area (Å²) >= 11 is 5.48. The van der Waals surface area contributed by atoms with Gasteiger partial charge in [0.05, 0.1) is 17.3 Å². The van der Waals surface area contributed by atoms with Crippen LogP contribution in [-0.2, 0) is 0 Å². The Morgan fingerprint density at radius 1 is 1.78 bits per heavy atom. The average molecular weight is 147 g/mol. The Hall–Kier alpha value is -0.760. The number of halogens is 1. The van der Waals surface area contributed by atoms with Crippen LogP contribution in [0.15, 0.2) is 18.3 Å². The predicted molar refractivity (Wildman–Crippen MR) is 35.8 cm³/mol. The Morgan fingerprint density at radius 2 is 2.67 bits per heavy atom. The number of aromatic nitrogens is 1. The molecule has 1 rings (SSSR count). The third kappa shape index (κ3) is 1.57. The van der Waals surface area contributed by atoms with E-state index in [9.17, 15) is 0 Å². The molecule has 0 saturated heterocycles. The van der Waals surface area contributed by atoms with Crippen LogP contribution in [0.5, 0.6) is 5.75 Å². The first kappa shape index (κ1) is 3.42. The molecule has 0 aromatic carbocycles. The van der Waals surface area contributed by atoms with E-state index in [1.807, 2.05) is 0 Å². The summed E-state index contributed by atoms with van der Waals surface area (Å²) in [5.74, 6) is 0.180. The lowest BCUT2D eigenvalue weighted by Crippen LogP contribution is -1.82. The van der Waals surface area contributed by atoms with Crippen LogP contribution in [0, 0.1) is 0 Å². The lowest BCUT2D eigenvalue weighted by atomic mass is 10.5. The van der Waals surface area contributed by atoms with Crippen molar-refractivity contribution in [3.63, 3.8) is 0 Å². The molecule has 2 nitrogen and oxygen atoms in total. The van der Waals surface area contributed by atoms with E-state index in [0.717, 1.165) is 0 Å². The van der Waals surface area contributed by atoms with Gasteiger partial charge in [0, 0.05) is 0 Å². The highest BCUT2D eigenvalue weighted by atomic mass is 35.5. The van der Waals surface area contributed by atoms with Gasteiger partial charge < -0.3 is 4.74 Å². The van der Waals surface area contributed by atoms with Crippen molar-refractivity contribution in [2.75, 3.05) is 7.04 Å². The largest absolute Gasteiger partial charge is 0.495 e. The van der Waals surface area contributed by atoms with Crippen molar-refractivity contribution in [2.45, 2.75) is 0 Å². The van der Waals surface area contributed by atoms with Crippen molar-refractivity contribution in [1.82, 2.24) is 4.98 Å². The van der Waals surface area contributed by atoms with Gasteiger partial charge in [0.15, 0.2) is 0 Å². The minimum Gasteiger partial charge on any atom is -0.495 e. The number of rotatable bonds is 1. The van der Waals surface area contributed by atoms with E-state index in [2.05, 4.69) is 9.72 Å². The van der Waals surface area contributed by atoms with E-state index in [1.165, 1.54) is 18.3 Å². The molecule has 0 aliphatic rings. The molecule has 1 aromatic rings. The fourth-order valence-electron chi connectivity index (χ4n) is 0.423. The van der Waals surface area contributed by atoms with E-state index < -0.39 is 7.04 Å². The Kier molecular flexibility index (Phi) is 1.02. The molecule has 0 saturated carbocycles. The van der Waals surface area contributed by atoms with Crippen molar-refractivity contribution in [1.29, 1.82) is 0 Å². The lowest BCUT2D eigenvalue weighted by Gasteiger charge is -1.95. The van der Waals surface area contributed by atoms with E-state index in [4.69, 9.17) is 15.7 Å². The van der Waals surface area contributed by atoms with Crippen LogP contribution in [-0.4, -0.2) is 12.0 Å². The molecule has 0 atom stereocenters. The zero-order chi connectivity index (χ0) is 9.19. The fraction of sp³-hybridized carbons (Fsp3) is 0.167. The molecule has 0 unspecified atom stereocenters. The summed E-state index contributed by atoms with van der Waals surface area (Å²) in [5.41, 5.74) is 0. The zero-order valence-electron chi connectivity index (χ0n) is 7.47. The molecular weight excluding hydrogens is 138 g/mol. The van der Waals surface area contributed by atoms with E-state index in [1.54, 1.807) is 0 Å². The molecule has 48 valence electrons. The molecule has 0 aliphatic heterocycles. The van der Waals surface area contributed by atoms with Crippen molar-refractivity contribution < 1.29 is 8.85 Å². The van der Waals surface area contributed by atoms with E-state index >= 15 is 0 Å². The summed E-state index contributed by atoms with van der Waals surface area (Å²) in [4.78, 5) is 3.65. The predicted octanol–water partition coefficient (Wildman–Crippen LogP) is 1.74. The van der Waals surface area contributed by atoms with Crippen LogP contribution in [0.25, 0.3) is 0 Å². The second-order valence-electron chi connectivity index (χ2n) is 1.42. The first-order valence-electron chi connectivity index (χ1n) is 3.78. The van der Waals surface area contributed by atoms with Gasteiger partial charge in [-0.2, -0.15) is 0 Å². The number of nitrogens with zero attached hydrogens (tertiary/aromatic N) is 1. The normalized spacial score (nSPS) is 15.4. The highest BCUT2D eigenvalue weighted by Crippen LogP contribution is 2.10. The number of hydrogen-bond acceptors (Lipinski definition) is 2. The molecular formula is C6H6ClNO.